The van der Waals surface area contributed by atoms with E-state index in [1.807, 2.05) is 20.0 Å². The molecule has 2 rings (SSSR count). The first-order valence-corrected chi connectivity index (χ1v) is 7.18. The van der Waals surface area contributed by atoms with E-state index in [4.69, 9.17) is 9.47 Å². The Hall–Kier alpha value is -1.13. The molecule has 112 valence electrons. The molecule has 0 aromatic heterocycles. The van der Waals surface area contributed by atoms with Gasteiger partial charge in [-0.15, -0.1) is 0 Å². The lowest BCUT2D eigenvalue weighted by molar-refractivity contribution is -0.0326. The molecular weight excluding hydrogens is 257 g/mol. The highest BCUT2D eigenvalue weighted by Gasteiger charge is 2.31. The normalized spacial score (nSPS) is 22.8. The largest absolute Gasteiger partial charge is 0.491 e. The molecule has 2 atom stereocenters. The van der Waals surface area contributed by atoms with Crippen LogP contribution in [0.5, 0.6) is 5.75 Å². The SMILES string of the molecule is CNC(C)c1ccc(OCC2CCC(C)(C)O2)cc1F. The van der Waals surface area contributed by atoms with E-state index >= 15 is 0 Å². The second-order valence-electron chi connectivity index (χ2n) is 6.04. The van der Waals surface area contributed by atoms with Gasteiger partial charge in [0.15, 0.2) is 0 Å². The number of nitrogens with one attached hydrogen (secondary N) is 1. The first-order valence-electron chi connectivity index (χ1n) is 7.18. The Morgan fingerprint density at radius 1 is 1.50 bits per heavy atom. The lowest BCUT2D eigenvalue weighted by Crippen LogP contribution is -2.24. The highest BCUT2D eigenvalue weighted by atomic mass is 19.1. The van der Waals surface area contributed by atoms with Crippen LogP contribution in [0.4, 0.5) is 4.39 Å². The highest BCUT2D eigenvalue weighted by Crippen LogP contribution is 2.30. The van der Waals surface area contributed by atoms with Gasteiger partial charge in [0.2, 0.25) is 0 Å². The smallest absolute Gasteiger partial charge is 0.131 e. The Bertz CT molecular complexity index is 462. The van der Waals surface area contributed by atoms with Crippen LogP contribution >= 0.6 is 0 Å². The van der Waals surface area contributed by atoms with E-state index in [1.54, 1.807) is 6.07 Å². The van der Waals surface area contributed by atoms with Crippen LogP contribution in [0.1, 0.15) is 45.2 Å². The predicted molar refractivity (Wildman–Crippen MR) is 77.6 cm³/mol. The molecule has 1 fully saturated rings. The second kappa shape index (κ2) is 6.10. The fourth-order valence-electron chi connectivity index (χ4n) is 2.49. The van der Waals surface area contributed by atoms with Crippen LogP contribution in [-0.4, -0.2) is 25.4 Å². The predicted octanol–water partition coefficient (Wildman–Crippen LogP) is 3.44. The van der Waals surface area contributed by atoms with Crippen molar-refractivity contribution in [3.63, 3.8) is 0 Å². The molecule has 1 aromatic carbocycles. The van der Waals surface area contributed by atoms with Crippen LogP contribution in [0.3, 0.4) is 0 Å². The Morgan fingerprint density at radius 2 is 2.25 bits per heavy atom. The van der Waals surface area contributed by atoms with Crippen molar-refractivity contribution in [3.05, 3.63) is 29.6 Å². The van der Waals surface area contributed by atoms with Crippen LogP contribution in [0.15, 0.2) is 18.2 Å². The van der Waals surface area contributed by atoms with Gasteiger partial charge in [0, 0.05) is 17.7 Å². The van der Waals surface area contributed by atoms with Gasteiger partial charge in [0.25, 0.3) is 0 Å². The standard InChI is InChI=1S/C16H24FNO2/c1-11(18-4)14-6-5-12(9-15(14)17)19-10-13-7-8-16(2,3)20-13/h5-6,9,11,13,18H,7-8,10H2,1-4H3. The third-order valence-corrected chi connectivity index (χ3v) is 3.86. The van der Waals surface area contributed by atoms with E-state index in [0.29, 0.717) is 17.9 Å². The number of ether oxygens (including phenoxy) is 2. The fourth-order valence-corrected chi connectivity index (χ4v) is 2.49. The molecule has 4 heteroatoms. The zero-order chi connectivity index (χ0) is 14.8. The van der Waals surface area contributed by atoms with E-state index in [0.717, 1.165) is 12.8 Å². The van der Waals surface area contributed by atoms with Crippen molar-refractivity contribution >= 4 is 0 Å². The molecule has 1 aliphatic heterocycles. The van der Waals surface area contributed by atoms with Crippen molar-refractivity contribution < 1.29 is 13.9 Å². The molecule has 3 nitrogen and oxygen atoms in total. The fraction of sp³-hybridized carbons (Fsp3) is 0.625. The first-order chi connectivity index (χ1) is 9.41. The van der Waals surface area contributed by atoms with E-state index in [1.165, 1.54) is 6.07 Å². The van der Waals surface area contributed by atoms with Gasteiger partial charge in [-0.25, -0.2) is 4.39 Å². The molecule has 0 amide bonds. The summed E-state index contributed by atoms with van der Waals surface area (Å²) in [7, 11) is 1.81. The minimum Gasteiger partial charge on any atom is -0.491 e. The summed E-state index contributed by atoms with van der Waals surface area (Å²) in [6, 6.07) is 5.02. The van der Waals surface area contributed by atoms with E-state index < -0.39 is 0 Å². The first kappa shape index (κ1) is 15.3. The maximum atomic E-state index is 14.0. The van der Waals surface area contributed by atoms with Gasteiger partial charge in [-0.3, -0.25) is 0 Å². The zero-order valence-electron chi connectivity index (χ0n) is 12.7. The topological polar surface area (TPSA) is 30.5 Å². The second-order valence-corrected chi connectivity index (χ2v) is 6.04. The summed E-state index contributed by atoms with van der Waals surface area (Å²) in [6.45, 7) is 6.57. The zero-order valence-corrected chi connectivity index (χ0v) is 12.7. The van der Waals surface area contributed by atoms with Gasteiger partial charge in [0.05, 0.1) is 11.7 Å². The maximum Gasteiger partial charge on any atom is 0.131 e. The van der Waals surface area contributed by atoms with Gasteiger partial charge >= 0.3 is 0 Å². The van der Waals surface area contributed by atoms with Crippen LogP contribution in [0.25, 0.3) is 0 Å². The Morgan fingerprint density at radius 3 is 2.80 bits per heavy atom. The summed E-state index contributed by atoms with van der Waals surface area (Å²) in [6.07, 6.45) is 2.13. The van der Waals surface area contributed by atoms with Gasteiger partial charge in [0.1, 0.15) is 18.2 Å². The molecule has 0 aliphatic carbocycles. The van der Waals surface area contributed by atoms with Crippen molar-refractivity contribution in [2.45, 2.75) is 51.4 Å². The number of halogens is 1. The molecule has 0 saturated carbocycles. The van der Waals surface area contributed by atoms with E-state index in [-0.39, 0.29) is 23.6 Å². The third kappa shape index (κ3) is 3.70. The summed E-state index contributed by atoms with van der Waals surface area (Å²) in [4.78, 5) is 0. The number of rotatable bonds is 5. The number of benzene rings is 1. The Balaban J connectivity index is 1.93. The molecule has 1 aliphatic rings. The molecule has 2 unspecified atom stereocenters. The van der Waals surface area contributed by atoms with Crippen molar-refractivity contribution in [3.8, 4) is 5.75 Å². The summed E-state index contributed by atoms with van der Waals surface area (Å²) in [5.74, 6) is 0.319. The quantitative estimate of drug-likeness (QED) is 0.896. The van der Waals surface area contributed by atoms with Gasteiger partial charge in [-0.05, 0) is 46.7 Å². The molecule has 1 heterocycles. The molecule has 0 radical (unpaired) electrons. The lowest BCUT2D eigenvalue weighted by Gasteiger charge is -2.19. The van der Waals surface area contributed by atoms with Crippen molar-refractivity contribution in [1.29, 1.82) is 0 Å². The minimum atomic E-state index is -0.239. The molecule has 0 bridgehead atoms. The molecule has 1 aromatic rings. The van der Waals surface area contributed by atoms with Crippen LogP contribution < -0.4 is 10.1 Å². The monoisotopic (exact) mass is 281 g/mol. The van der Waals surface area contributed by atoms with Crippen LogP contribution in [-0.2, 0) is 4.74 Å². The van der Waals surface area contributed by atoms with Crippen molar-refractivity contribution in [2.75, 3.05) is 13.7 Å². The number of hydrogen-bond donors (Lipinski definition) is 1. The van der Waals surface area contributed by atoms with Crippen LogP contribution in [0.2, 0.25) is 0 Å². The Kier molecular flexibility index (Phi) is 4.66. The molecule has 1 saturated heterocycles. The maximum absolute atomic E-state index is 14.0. The van der Waals surface area contributed by atoms with Crippen molar-refractivity contribution in [1.82, 2.24) is 5.32 Å². The third-order valence-electron chi connectivity index (χ3n) is 3.86. The average molecular weight is 281 g/mol. The lowest BCUT2D eigenvalue weighted by atomic mass is 10.1. The highest BCUT2D eigenvalue weighted by molar-refractivity contribution is 5.30. The van der Waals surface area contributed by atoms with Gasteiger partial charge in [-0.2, -0.15) is 0 Å². The summed E-state index contributed by atoms with van der Waals surface area (Å²) < 4.78 is 25.5. The van der Waals surface area contributed by atoms with Gasteiger partial charge in [-0.1, -0.05) is 6.07 Å². The van der Waals surface area contributed by atoms with Gasteiger partial charge < -0.3 is 14.8 Å². The summed E-state index contributed by atoms with van der Waals surface area (Å²) >= 11 is 0. The van der Waals surface area contributed by atoms with Crippen molar-refractivity contribution in [2.24, 2.45) is 0 Å². The number of hydrogen-bond acceptors (Lipinski definition) is 3. The average Bonchev–Trinajstić information content (AvgIpc) is 2.75. The minimum absolute atomic E-state index is 0.0111. The molecule has 20 heavy (non-hydrogen) atoms. The molecule has 0 spiro atoms. The summed E-state index contributed by atoms with van der Waals surface area (Å²) in [5, 5.41) is 3.03. The van der Waals surface area contributed by atoms with Crippen LogP contribution in [0, 0.1) is 5.82 Å². The summed E-state index contributed by atoms with van der Waals surface area (Å²) in [5.41, 5.74) is 0.587. The Labute approximate surface area is 120 Å². The van der Waals surface area contributed by atoms with E-state index in [9.17, 15) is 4.39 Å². The van der Waals surface area contributed by atoms with E-state index in [2.05, 4.69) is 19.2 Å². The molecule has 1 N–H and O–H groups in total. The molecular formula is C16H24FNO2.